The number of aromatic nitrogens is 1. The van der Waals surface area contributed by atoms with Crippen molar-refractivity contribution in [2.75, 3.05) is 52.4 Å². The molecule has 3 aliphatic heterocycles. The van der Waals surface area contributed by atoms with E-state index in [1.165, 1.54) is 12.1 Å². The summed E-state index contributed by atoms with van der Waals surface area (Å²) >= 11 is 0. The molecule has 0 bridgehead atoms. The van der Waals surface area contributed by atoms with Gasteiger partial charge < -0.3 is 14.7 Å². The summed E-state index contributed by atoms with van der Waals surface area (Å²) in [5.41, 5.74) is 3.33. The van der Waals surface area contributed by atoms with E-state index in [4.69, 9.17) is 4.98 Å². The average molecular weight is 598 g/mol. The molecule has 0 N–H and O–H groups in total. The Morgan fingerprint density at radius 3 is 1.93 bits per heavy atom. The minimum atomic E-state index is -0.344. The van der Waals surface area contributed by atoms with Gasteiger partial charge in [0.25, 0.3) is 5.91 Å². The van der Waals surface area contributed by atoms with Crippen LogP contribution in [0.2, 0.25) is 0 Å². The van der Waals surface area contributed by atoms with Crippen molar-refractivity contribution in [3.05, 3.63) is 78.1 Å². The van der Waals surface area contributed by atoms with E-state index in [1.807, 2.05) is 57.2 Å². The third-order valence-corrected chi connectivity index (χ3v) is 9.45. The Bertz CT molecular complexity index is 1490. The second-order valence-corrected chi connectivity index (χ2v) is 12.2. The van der Waals surface area contributed by atoms with Crippen molar-refractivity contribution >= 4 is 17.7 Å². The molecule has 3 aliphatic rings. The van der Waals surface area contributed by atoms with Crippen LogP contribution in [0.15, 0.2) is 66.7 Å². The highest BCUT2D eigenvalue weighted by molar-refractivity contribution is 5.96. The van der Waals surface area contributed by atoms with Crippen molar-refractivity contribution in [1.82, 2.24) is 24.6 Å². The molecule has 0 aliphatic carbocycles. The number of rotatable bonds is 5. The van der Waals surface area contributed by atoms with Crippen molar-refractivity contribution in [3.8, 4) is 22.5 Å². The summed E-state index contributed by atoms with van der Waals surface area (Å²) in [7, 11) is 0. The molecule has 0 spiro atoms. The highest BCUT2D eigenvalue weighted by Gasteiger charge is 2.34. The van der Waals surface area contributed by atoms with E-state index in [-0.39, 0.29) is 29.5 Å². The number of hydrogen-bond acceptors (Lipinski definition) is 5. The van der Waals surface area contributed by atoms with Crippen LogP contribution in [0.25, 0.3) is 22.5 Å². The molecule has 0 unspecified atom stereocenters. The molecule has 8 nitrogen and oxygen atoms in total. The van der Waals surface area contributed by atoms with Crippen LogP contribution in [0.4, 0.5) is 4.39 Å². The molecule has 0 radical (unpaired) electrons. The Labute approximate surface area is 258 Å². The molecule has 9 heteroatoms. The summed E-state index contributed by atoms with van der Waals surface area (Å²) in [6, 6.07) is 20.1. The number of benzene rings is 2. The molecule has 0 atom stereocenters. The number of carbonyl (C=O) groups excluding carboxylic acids is 3. The van der Waals surface area contributed by atoms with Gasteiger partial charge >= 0.3 is 0 Å². The van der Waals surface area contributed by atoms with Gasteiger partial charge in [-0.25, -0.2) is 9.37 Å². The zero-order chi connectivity index (χ0) is 30.6. The number of nitrogens with zero attached hydrogens (tertiary/aromatic N) is 5. The highest BCUT2D eigenvalue weighted by Crippen LogP contribution is 2.28. The van der Waals surface area contributed by atoms with Crippen LogP contribution in [0, 0.1) is 11.7 Å². The van der Waals surface area contributed by atoms with Crippen LogP contribution in [0.1, 0.15) is 43.0 Å². The molecule has 3 saturated heterocycles. The van der Waals surface area contributed by atoms with E-state index in [0.717, 1.165) is 57.4 Å². The first-order valence-electron chi connectivity index (χ1n) is 15.8. The predicted molar refractivity (Wildman–Crippen MR) is 167 cm³/mol. The lowest BCUT2D eigenvalue weighted by atomic mass is 9.93. The lowest BCUT2D eigenvalue weighted by molar-refractivity contribution is -0.141. The minimum absolute atomic E-state index is 0.0220. The fourth-order valence-corrected chi connectivity index (χ4v) is 6.83. The van der Waals surface area contributed by atoms with E-state index < -0.39 is 0 Å². The Morgan fingerprint density at radius 2 is 1.30 bits per heavy atom. The van der Waals surface area contributed by atoms with Gasteiger partial charge in [0.05, 0.1) is 11.4 Å². The van der Waals surface area contributed by atoms with Crippen LogP contribution in [0.3, 0.4) is 0 Å². The lowest BCUT2D eigenvalue weighted by Crippen LogP contribution is -2.55. The first-order chi connectivity index (χ1) is 21.4. The van der Waals surface area contributed by atoms with E-state index in [2.05, 4.69) is 4.90 Å². The maximum absolute atomic E-state index is 14.1. The molecule has 2 aromatic carbocycles. The van der Waals surface area contributed by atoms with Crippen molar-refractivity contribution in [2.24, 2.45) is 5.92 Å². The smallest absolute Gasteiger partial charge is 0.254 e. The summed E-state index contributed by atoms with van der Waals surface area (Å²) in [6.07, 6.45) is 3.38. The van der Waals surface area contributed by atoms with Crippen molar-refractivity contribution in [1.29, 1.82) is 0 Å². The van der Waals surface area contributed by atoms with Gasteiger partial charge in [-0.2, -0.15) is 0 Å². The number of pyridine rings is 1. The number of likely N-dealkylation sites (tertiary alicyclic amines) is 2. The second kappa shape index (κ2) is 13.3. The maximum atomic E-state index is 14.1. The van der Waals surface area contributed by atoms with Crippen LogP contribution < -0.4 is 0 Å². The molecule has 3 amide bonds. The molecule has 6 rings (SSSR count). The summed E-state index contributed by atoms with van der Waals surface area (Å²) in [6.45, 7) is 7.30. The summed E-state index contributed by atoms with van der Waals surface area (Å²) < 4.78 is 14.1. The quantitative estimate of drug-likeness (QED) is 0.431. The monoisotopic (exact) mass is 597 g/mol. The number of piperidine rings is 2. The van der Waals surface area contributed by atoms with Crippen molar-refractivity contribution in [3.63, 3.8) is 0 Å². The number of amides is 3. The van der Waals surface area contributed by atoms with Crippen LogP contribution in [-0.4, -0.2) is 101 Å². The van der Waals surface area contributed by atoms with Gasteiger partial charge in [0.2, 0.25) is 11.8 Å². The van der Waals surface area contributed by atoms with E-state index in [1.54, 1.807) is 19.1 Å². The van der Waals surface area contributed by atoms with Gasteiger partial charge in [-0.1, -0.05) is 42.5 Å². The zero-order valence-electron chi connectivity index (χ0n) is 25.3. The second-order valence-electron chi connectivity index (χ2n) is 12.2. The Balaban J connectivity index is 1.06. The number of piperazine rings is 1. The number of halogens is 1. The van der Waals surface area contributed by atoms with Gasteiger partial charge in [0.15, 0.2) is 0 Å². The molecule has 3 aromatic rings. The van der Waals surface area contributed by atoms with Gasteiger partial charge in [-0.15, -0.1) is 0 Å². The number of hydrogen-bond donors (Lipinski definition) is 0. The molecule has 230 valence electrons. The first kappa shape index (κ1) is 29.9. The van der Waals surface area contributed by atoms with E-state index in [0.29, 0.717) is 54.7 Å². The molecule has 3 fully saturated rings. The Morgan fingerprint density at radius 1 is 0.682 bits per heavy atom. The van der Waals surface area contributed by atoms with Crippen LogP contribution in [0.5, 0.6) is 0 Å². The summed E-state index contributed by atoms with van der Waals surface area (Å²) in [5, 5.41) is 0. The van der Waals surface area contributed by atoms with Crippen molar-refractivity contribution in [2.45, 2.75) is 38.6 Å². The highest BCUT2D eigenvalue weighted by atomic mass is 19.1. The Kier molecular flexibility index (Phi) is 9.02. The predicted octanol–water partition coefficient (Wildman–Crippen LogP) is 4.56. The van der Waals surface area contributed by atoms with Gasteiger partial charge in [-0.05, 0) is 49.9 Å². The molecular formula is C35H40FN5O3. The first-order valence-corrected chi connectivity index (χ1v) is 15.8. The van der Waals surface area contributed by atoms with Crippen molar-refractivity contribution < 1.29 is 18.8 Å². The molecule has 44 heavy (non-hydrogen) atoms. The molecular weight excluding hydrogens is 557 g/mol. The van der Waals surface area contributed by atoms with Gasteiger partial charge in [0.1, 0.15) is 5.82 Å². The van der Waals surface area contributed by atoms with E-state index >= 15 is 0 Å². The minimum Gasteiger partial charge on any atom is -0.343 e. The van der Waals surface area contributed by atoms with Gasteiger partial charge in [0, 0.05) is 87.9 Å². The van der Waals surface area contributed by atoms with Crippen LogP contribution >= 0.6 is 0 Å². The summed E-state index contributed by atoms with van der Waals surface area (Å²) in [5.74, 6) is -0.0350. The normalized spacial score (nSPS) is 18.8. The largest absolute Gasteiger partial charge is 0.343 e. The summed E-state index contributed by atoms with van der Waals surface area (Å²) in [4.78, 5) is 51.6. The average Bonchev–Trinajstić information content (AvgIpc) is 3.08. The fourth-order valence-electron chi connectivity index (χ4n) is 6.83. The van der Waals surface area contributed by atoms with Gasteiger partial charge in [-0.3, -0.25) is 19.3 Å². The third kappa shape index (κ3) is 6.68. The number of carbonyl (C=O) groups is 3. The molecule has 1 aromatic heterocycles. The third-order valence-electron chi connectivity index (χ3n) is 9.45. The fraction of sp³-hybridized carbons (Fsp3) is 0.429. The lowest BCUT2D eigenvalue weighted by Gasteiger charge is -2.43. The maximum Gasteiger partial charge on any atom is 0.254 e. The molecule has 0 saturated carbocycles. The zero-order valence-corrected chi connectivity index (χ0v) is 25.3. The van der Waals surface area contributed by atoms with E-state index in [9.17, 15) is 18.8 Å². The molecule has 4 heterocycles. The van der Waals surface area contributed by atoms with Crippen LogP contribution in [-0.2, 0) is 9.59 Å². The standard InChI is InChI=1S/C35H40FN5O3/c1-25(42)38-14-10-27(11-15-38)34(43)40-16-12-31(13-17-40)39-18-20-41(21-19-39)35(44)29-23-32(26-6-3-2-4-7-26)37-33(24-29)28-8-5-9-30(36)22-28/h2-9,22-24,27,31H,10-21H2,1H3. The Hall–Kier alpha value is -4.11. The SMILES string of the molecule is CC(=O)N1CCC(C(=O)N2CCC(N3CCN(C(=O)c4cc(-c5ccccc5)nc(-c5cccc(F)c5)c4)CC3)CC2)CC1. The topological polar surface area (TPSA) is 77.1 Å².